The maximum atomic E-state index is 5.81. The van der Waals surface area contributed by atoms with Crippen LogP contribution in [0, 0.1) is 0 Å². The molecule has 1 saturated carbocycles. The van der Waals surface area contributed by atoms with Crippen LogP contribution in [0.3, 0.4) is 0 Å². The van der Waals surface area contributed by atoms with E-state index >= 15 is 0 Å². The Morgan fingerprint density at radius 1 is 1.17 bits per heavy atom. The molecule has 2 aliphatic rings. The molecular formula is C20H21N7O2. The number of rotatable bonds is 3. The van der Waals surface area contributed by atoms with Gasteiger partial charge in [0.15, 0.2) is 11.4 Å². The molecule has 29 heavy (non-hydrogen) atoms. The minimum absolute atomic E-state index is 0.329. The van der Waals surface area contributed by atoms with Gasteiger partial charge in [-0.05, 0) is 30.5 Å². The van der Waals surface area contributed by atoms with Crippen molar-refractivity contribution >= 4 is 22.6 Å². The lowest BCUT2D eigenvalue weighted by Gasteiger charge is -2.35. The van der Waals surface area contributed by atoms with Gasteiger partial charge in [0, 0.05) is 48.4 Å². The van der Waals surface area contributed by atoms with Crippen molar-refractivity contribution in [3.8, 4) is 11.1 Å². The van der Waals surface area contributed by atoms with Gasteiger partial charge in [-0.25, -0.2) is 14.5 Å². The molecular weight excluding hydrogens is 370 g/mol. The summed E-state index contributed by atoms with van der Waals surface area (Å²) in [5.41, 5.74) is 3.72. The largest absolute Gasteiger partial charge is 0.351 e. The van der Waals surface area contributed by atoms with E-state index in [1.807, 2.05) is 30.7 Å². The van der Waals surface area contributed by atoms with Gasteiger partial charge in [0.25, 0.3) is 0 Å². The molecule has 9 nitrogen and oxygen atoms in total. The molecule has 0 radical (unpaired) electrons. The van der Waals surface area contributed by atoms with Crippen LogP contribution in [0.25, 0.3) is 27.8 Å². The minimum atomic E-state index is -0.344. The van der Waals surface area contributed by atoms with Crippen LogP contribution in [0.4, 0.5) is 5.95 Å². The summed E-state index contributed by atoms with van der Waals surface area (Å²) in [7, 11) is 0. The highest BCUT2D eigenvalue weighted by molar-refractivity contribution is 5.93. The third kappa shape index (κ3) is 2.93. The SMILES string of the molecule is c1nc2cc(-c3c[nH]c4nc(NC5CCC6(CC5)OCCO6)ncc34)ccn2n1. The first kappa shape index (κ1) is 16.9. The lowest BCUT2D eigenvalue weighted by Crippen LogP contribution is -2.39. The molecule has 6 rings (SSSR count). The van der Waals surface area contributed by atoms with Crippen molar-refractivity contribution < 1.29 is 9.47 Å². The summed E-state index contributed by atoms with van der Waals surface area (Å²) in [5, 5.41) is 8.60. The standard InChI is InChI=1S/C20H21N7O2/c1-4-20(28-7-8-29-20)5-2-14(1)25-19-22-11-16-15(10-21-18(16)26-19)13-3-6-27-17(9-13)23-12-24-27/h3,6,9-12,14H,1-2,4-5,7-8H2,(H2,21,22,25,26). The van der Waals surface area contributed by atoms with E-state index in [0.29, 0.717) is 25.2 Å². The van der Waals surface area contributed by atoms with Crippen LogP contribution >= 0.6 is 0 Å². The maximum absolute atomic E-state index is 5.81. The average molecular weight is 391 g/mol. The zero-order valence-corrected chi connectivity index (χ0v) is 15.8. The van der Waals surface area contributed by atoms with Crippen LogP contribution in [0.1, 0.15) is 25.7 Å². The van der Waals surface area contributed by atoms with Crippen LogP contribution < -0.4 is 5.32 Å². The number of anilines is 1. The fraction of sp³-hybridized carbons (Fsp3) is 0.400. The first-order valence-corrected chi connectivity index (χ1v) is 9.96. The number of hydrogen-bond donors (Lipinski definition) is 2. The van der Waals surface area contributed by atoms with Crippen molar-refractivity contribution in [2.75, 3.05) is 18.5 Å². The number of nitrogens with one attached hydrogen (secondary N) is 2. The molecule has 2 N–H and O–H groups in total. The monoisotopic (exact) mass is 391 g/mol. The van der Waals surface area contributed by atoms with Gasteiger partial charge in [-0.2, -0.15) is 10.1 Å². The third-order valence-electron chi connectivity index (χ3n) is 5.92. The van der Waals surface area contributed by atoms with Gasteiger partial charge in [-0.15, -0.1) is 0 Å². The van der Waals surface area contributed by atoms with Gasteiger partial charge in [0.2, 0.25) is 5.95 Å². The normalized spacial score (nSPS) is 19.4. The van der Waals surface area contributed by atoms with Crippen LogP contribution in [-0.2, 0) is 9.47 Å². The fourth-order valence-electron chi connectivity index (χ4n) is 4.37. The van der Waals surface area contributed by atoms with E-state index in [4.69, 9.17) is 9.47 Å². The highest BCUT2D eigenvalue weighted by Crippen LogP contribution is 2.36. The molecule has 2 fully saturated rings. The number of H-pyrrole nitrogens is 1. The predicted molar refractivity (Wildman–Crippen MR) is 106 cm³/mol. The molecule has 148 valence electrons. The van der Waals surface area contributed by atoms with E-state index in [9.17, 15) is 0 Å². The van der Waals surface area contributed by atoms with E-state index in [1.165, 1.54) is 0 Å². The number of hydrogen-bond acceptors (Lipinski definition) is 7. The van der Waals surface area contributed by atoms with Gasteiger partial charge >= 0.3 is 0 Å². The fourth-order valence-corrected chi connectivity index (χ4v) is 4.37. The molecule has 0 aromatic carbocycles. The van der Waals surface area contributed by atoms with Crippen molar-refractivity contribution in [3.63, 3.8) is 0 Å². The predicted octanol–water partition coefficient (Wildman–Crippen LogP) is 2.77. The molecule has 0 amide bonds. The summed E-state index contributed by atoms with van der Waals surface area (Å²) < 4.78 is 13.4. The van der Waals surface area contributed by atoms with Crippen LogP contribution in [0.15, 0.2) is 37.1 Å². The number of aromatic amines is 1. The van der Waals surface area contributed by atoms with Gasteiger partial charge in [-0.3, -0.25) is 0 Å². The highest BCUT2D eigenvalue weighted by Gasteiger charge is 2.40. The Morgan fingerprint density at radius 3 is 2.90 bits per heavy atom. The molecule has 5 heterocycles. The maximum Gasteiger partial charge on any atom is 0.224 e. The van der Waals surface area contributed by atoms with E-state index in [-0.39, 0.29) is 5.79 Å². The zero-order chi connectivity index (χ0) is 19.3. The number of pyridine rings is 1. The Labute approximate surface area is 166 Å². The summed E-state index contributed by atoms with van der Waals surface area (Å²) in [5.74, 6) is 0.302. The molecule has 0 atom stereocenters. The molecule has 1 aliphatic carbocycles. The lowest BCUT2D eigenvalue weighted by atomic mass is 9.90. The van der Waals surface area contributed by atoms with Crippen molar-refractivity contribution in [2.45, 2.75) is 37.5 Å². The molecule has 1 spiro atoms. The second kappa shape index (κ2) is 6.50. The molecule has 9 heteroatoms. The van der Waals surface area contributed by atoms with Crippen molar-refractivity contribution in [3.05, 3.63) is 37.1 Å². The quantitative estimate of drug-likeness (QED) is 0.554. The highest BCUT2D eigenvalue weighted by atomic mass is 16.7. The summed E-state index contributed by atoms with van der Waals surface area (Å²) >= 11 is 0. The molecule has 4 aromatic heterocycles. The Balaban J connectivity index is 1.22. The zero-order valence-electron chi connectivity index (χ0n) is 15.8. The van der Waals surface area contributed by atoms with Crippen molar-refractivity contribution in [1.82, 2.24) is 29.5 Å². The molecule has 0 bridgehead atoms. The van der Waals surface area contributed by atoms with Crippen LogP contribution in [0.5, 0.6) is 0 Å². The number of ether oxygens (including phenoxy) is 2. The Kier molecular flexibility index (Phi) is 3.78. The van der Waals surface area contributed by atoms with E-state index < -0.39 is 0 Å². The molecule has 1 aliphatic heterocycles. The van der Waals surface area contributed by atoms with Crippen LogP contribution in [-0.4, -0.2) is 54.6 Å². The van der Waals surface area contributed by atoms with Crippen molar-refractivity contribution in [2.24, 2.45) is 0 Å². The van der Waals surface area contributed by atoms with Gasteiger partial charge in [0.05, 0.1) is 13.2 Å². The van der Waals surface area contributed by atoms with E-state index in [0.717, 1.165) is 53.5 Å². The summed E-state index contributed by atoms with van der Waals surface area (Å²) in [4.78, 5) is 16.8. The average Bonchev–Trinajstić information content (AvgIpc) is 3.49. The van der Waals surface area contributed by atoms with Gasteiger partial charge in [-0.1, -0.05) is 0 Å². The summed E-state index contributed by atoms with van der Waals surface area (Å²) in [6, 6.07) is 4.35. The third-order valence-corrected chi connectivity index (χ3v) is 5.92. The number of aromatic nitrogens is 6. The van der Waals surface area contributed by atoms with E-state index in [1.54, 1.807) is 10.8 Å². The second-order valence-corrected chi connectivity index (χ2v) is 7.66. The molecule has 4 aromatic rings. The number of nitrogens with zero attached hydrogens (tertiary/aromatic N) is 5. The smallest absolute Gasteiger partial charge is 0.224 e. The first-order valence-electron chi connectivity index (χ1n) is 9.96. The first-order chi connectivity index (χ1) is 14.3. The van der Waals surface area contributed by atoms with E-state index in [2.05, 4.69) is 30.4 Å². The lowest BCUT2D eigenvalue weighted by molar-refractivity contribution is -0.177. The number of fused-ring (bicyclic) bond motifs is 2. The summed E-state index contributed by atoms with van der Waals surface area (Å²) in [6.45, 7) is 1.41. The topological polar surface area (TPSA) is 102 Å². The Morgan fingerprint density at radius 2 is 2.03 bits per heavy atom. The van der Waals surface area contributed by atoms with Gasteiger partial charge in [0.1, 0.15) is 12.0 Å². The second-order valence-electron chi connectivity index (χ2n) is 7.66. The Hall–Kier alpha value is -3.04. The summed E-state index contributed by atoms with van der Waals surface area (Å²) in [6.07, 6.45) is 11.1. The van der Waals surface area contributed by atoms with Crippen LogP contribution in [0.2, 0.25) is 0 Å². The van der Waals surface area contributed by atoms with Gasteiger partial charge < -0.3 is 19.8 Å². The minimum Gasteiger partial charge on any atom is -0.351 e. The van der Waals surface area contributed by atoms with Crippen molar-refractivity contribution in [1.29, 1.82) is 0 Å². The molecule has 1 saturated heterocycles. The molecule has 0 unspecified atom stereocenters. The Bertz CT molecular complexity index is 1170.